The predicted octanol–water partition coefficient (Wildman–Crippen LogP) is 4.74. The molecule has 1 aromatic carbocycles. The van der Waals surface area contributed by atoms with E-state index in [-0.39, 0.29) is 5.92 Å². The highest BCUT2D eigenvalue weighted by Gasteiger charge is 2.41. The predicted molar refractivity (Wildman–Crippen MR) is 95.4 cm³/mol. The van der Waals surface area contributed by atoms with Crippen molar-refractivity contribution in [1.29, 1.82) is 0 Å². The summed E-state index contributed by atoms with van der Waals surface area (Å²) in [7, 11) is 0. The fourth-order valence-electron chi connectivity index (χ4n) is 3.93. The monoisotopic (exact) mass is 330 g/mol. The van der Waals surface area contributed by atoms with Gasteiger partial charge in [-0.25, -0.2) is 0 Å². The molecule has 0 spiro atoms. The van der Waals surface area contributed by atoms with Gasteiger partial charge in [0, 0.05) is 11.8 Å². The normalized spacial score (nSPS) is 29.5. The zero-order chi connectivity index (χ0) is 17.1. The molecule has 0 amide bonds. The van der Waals surface area contributed by atoms with E-state index in [0.717, 1.165) is 18.6 Å². The summed E-state index contributed by atoms with van der Waals surface area (Å²) in [5.74, 6) is 2.48. The lowest BCUT2D eigenvalue weighted by molar-refractivity contribution is -0.118. The average Bonchev–Trinajstić information content (AvgIpc) is 3.33. The Kier molecular flexibility index (Phi) is 5.60. The zero-order valence-corrected chi connectivity index (χ0v) is 15.2. The fourth-order valence-corrected chi connectivity index (χ4v) is 3.93. The second-order valence-corrected chi connectivity index (χ2v) is 7.76. The molecule has 2 aliphatic rings. The van der Waals surface area contributed by atoms with Crippen molar-refractivity contribution in [3.8, 4) is 5.75 Å². The van der Waals surface area contributed by atoms with Crippen molar-refractivity contribution < 1.29 is 14.3 Å². The molecule has 0 saturated heterocycles. The molecule has 0 aromatic heterocycles. The Morgan fingerprint density at radius 1 is 1.17 bits per heavy atom. The van der Waals surface area contributed by atoms with E-state index < -0.39 is 0 Å². The quantitative estimate of drug-likeness (QED) is 0.724. The van der Waals surface area contributed by atoms with Gasteiger partial charge in [0.1, 0.15) is 11.5 Å². The summed E-state index contributed by atoms with van der Waals surface area (Å²) in [4.78, 5) is 11.3. The maximum absolute atomic E-state index is 11.3. The lowest BCUT2D eigenvalue weighted by atomic mass is 9.82. The first-order valence-corrected chi connectivity index (χ1v) is 9.41. The van der Waals surface area contributed by atoms with E-state index in [4.69, 9.17) is 9.47 Å². The van der Waals surface area contributed by atoms with Crippen molar-refractivity contribution in [2.45, 2.75) is 71.0 Å². The Labute approximate surface area is 145 Å². The van der Waals surface area contributed by atoms with Crippen LogP contribution in [-0.4, -0.2) is 24.6 Å². The van der Waals surface area contributed by atoms with E-state index in [1.165, 1.54) is 24.8 Å². The van der Waals surface area contributed by atoms with Crippen molar-refractivity contribution in [3.63, 3.8) is 0 Å². The van der Waals surface area contributed by atoms with Crippen molar-refractivity contribution in [2.24, 2.45) is 11.8 Å². The number of ether oxygens (including phenoxy) is 2. The number of hydrogen-bond donors (Lipinski definition) is 0. The highest BCUT2D eigenvalue weighted by molar-refractivity contribution is 5.81. The molecule has 2 aliphatic carbocycles. The molecule has 2 fully saturated rings. The number of ketones is 1. The summed E-state index contributed by atoms with van der Waals surface area (Å²) >= 11 is 0. The highest BCUT2D eigenvalue weighted by Crippen LogP contribution is 2.39. The summed E-state index contributed by atoms with van der Waals surface area (Å²) < 4.78 is 11.9. The van der Waals surface area contributed by atoms with E-state index in [9.17, 15) is 4.79 Å². The van der Waals surface area contributed by atoms with Crippen molar-refractivity contribution >= 4 is 5.78 Å². The summed E-state index contributed by atoms with van der Waals surface area (Å²) in [5.41, 5.74) is 1.40. The molecule has 0 bridgehead atoms. The van der Waals surface area contributed by atoms with E-state index in [1.807, 2.05) is 0 Å². The minimum absolute atomic E-state index is 0.240. The molecular formula is C21H30O3. The molecule has 0 heterocycles. The third-order valence-electron chi connectivity index (χ3n) is 5.35. The van der Waals surface area contributed by atoms with Crippen LogP contribution in [0.25, 0.3) is 0 Å². The molecule has 3 heteroatoms. The van der Waals surface area contributed by atoms with Crippen LogP contribution in [0.4, 0.5) is 0 Å². The molecule has 3 rings (SSSR count). The molecule has 2 saturated carbocycles. The lowest BCUT2D eigenvalue weighted by Gasteiger charge is -2.30. The highest BCUT2D eigenvalue weighted by atomic mass is 16.5. The van der Waals surface area contributed by atoms with Crippen LogP contribution >= 0.6 is 0 Å². The zero-order valence-electron chi connectivity index (χ0n) is 15.2. The summed E-state index contributed by atoms with van der Waals surface area (Å²) in [5, 5.41) is 0. The molecule has 0 aliphatic heterocycles. The maximum Gasteiger partial charge on any atom is 0.133 e. The molecule has 0 radical (unpaired) electrons. The van der Waals surface area contributed by atoms with Crippen LogP contribution in [0.5, 0.6) is 5.75 Å². The van der Waals surface area contributed by atoms with Crippen LogP contribution in [0.3, 0.4) is 0 Å². The SMILES string of the molecule is CC(=O)C1CC1COc1ccc(C2CCCC(OC(C)C)C2)cc1. The van der Waals surface area contributed by atoms with Crippen LogP contribution in [-0.2, 0) is 9.53 Å². The summed E-state index contributed by atoms with van der Waals surface area (Å²) in [6.07, 6.45) is 6.51. The second kappa shape index (κ2) is 7.69. The Hall–Kier alpha value is -1.35. The standard InChI is InChI=1S/C21H30O3/c1-14(2)24-20-6-4-5-17(11-20)16-7-9-19(10-8-16)23-13-18-12-21(18)15(3)22/h7-10,14,17-18,20-21H,4-6,11-13H2,1-3H3. The first kappa shape index (κ1) is 17.5. The number of Topliss-reactive ketones (excluding diaryl/α,β-unsaturated/α-hetero) is 1. The molecule has 132 valence electrons. The van der Waals surface area contributed by atoms with Crippen LogP contribution in [0.1, 0.15) is 64.4 Å². The number of hydrogen-bond acceptors (Lipinski definition) is 3. The lowest BCUT2D eigenvalue weighted by Crippen LogP contribution is -2.24. The van der Waals surface area contributed by atoms with Gasteiger partial charge >= 0.3 is 0 Å². The van der Waals surface area contributed by atoms with Crippen molar-refractivity contribution in [1.82, 2.24) is 0 Å². The van der Waals surface area contributed by atoms with E-state index in [1.54, 1.807) is 6.92 Å². The maximum atomic E-state index is 11.3. The topological polar surface area (TPSA) is 35.5 Å². The van der Waals surface area contributed by atoms with Crippen LogP contribution in [0.2, 0.25) is 0 Å². The summed E-state index contributed by atoms with van der Waals surface area (Å²) in [6.45, 7) is 6.58. The Morgan fingerprint density at radius 3 is 2.54 bits per heavy atom. The van der Waals surface area contributed by atoms with E-state index >= 15 is 0 Å². The van der Waals surface area contributed by atoms with Gasteiger partial charge in [-0.1, -0.05) is 18.6 Å². The third-order valence-corrected chi connectivity index (χ3v) is 5.35. The summed E-state index contributed by atoms with van der Waals surface area (Å²) in [6, 6.07) is 8.56. The van der Waals surface area contributed by atoms with Crippen molar-refractivity contribution in [3.05, 3.63) is 29.8 Å². The van der Waals surface area contributed by atoms with Crippen molar-refractivity contribution in [2.75, 3.05) is 6.61 Å². The van der Waals surface area contributed by atoms with Gasteiger partial charge in [0.25, 0.3) is 0 Å². The Bertz CT molecular complexity index is 549. The second-order valence-electron chi connectivity index (χ2n) is 7.76. The number of rotatable bonds is 7. The average molecular weight is 330 g/mol. The number of benzene rings is 1. The van der Waals surface area contributed by atoms with Gasteiger partial charge in [-0.2, -0.15) is 0 Å². The van der Waals surface area contributed by atoms with E-state index in [2.05, 4.69) is 38.1 Å². The number of carbonyl (C=O) groups excluding carboxylic acids is 1. The Balaban J connectivity index is 1.50. The molecule has 1 aromatic rings. The molecule has 4 unspecified atom stereocenters. The fraction of sp³-hybridized carbons (Fsp3) is 0.667. The van der Waals surface area contributed by atoms with Crippen LogP contribution < -0.4 is 4.74 Å². The first-order chi connectivity index (χ1) is 11.5. The molecule has 4 atom stereocenters. The molecule has 24 heavy (non-hydrogen) atoms. The Morgan fingerprint density at radius 2 is 1.92 bits per heavy atom. The first-order valence-electron chi connectivity index (χ1n) is 9.41. The van der Waals surface area contributed by atoms with Gasteiger partial charge in [0.2, 0.25) is 0 Å². The van der Waals surface area contributed by atoms with Gasteiger partial charge in [0.15, 0.2) is 0 Å². The molecular weight excluding hydrogens is 300 g/mol. The number of carbonyl (C=O) groups is 1. The smallest absolute Gasteiger partial charge is 0.133 e. The van der Waals surface area contributed by atoms with Crippen LogP contribution in [0.15, 0.2) is 24.3 Å². The van der Waals surface area contributed by atoms with Gasteiger partial charge in [-0.15, -0.1) is 0 Å². The minimum atomic E-state index is 0.240. The minimum Gasteiger partial charge on any atom is -0.493 e. The van der Waals surface area contributed by atoms with E-state index in [0.29, 0.717) is 36.4 Å². The van der Waals surface area contributed by atoms with Crippen LogP contribution in [0, 0.1) is 11.8 Å². The molecule has 3 nitrogen and oxygen atoms in total. The van der Waals surface area contributed by atoms with Gasteiger partial charge < -0.3 is 9.47 Å². The largest absolute Gasteiger partial charge is 0.493 e. The third kappa shape index (κ3) is 4.60. The van der Waals surface area contributed by atoms with Gasteiger partial charge in [-0.3, -0.25) is 4.79 Å². The van der Waals surface area contributed by atoms with Gasteiger partial charge in [0.05, 0.1) is 18.8 Å². The van der Waals surface area contributed by atoms with Gasteiger partial charge in [-0.05, 0) is 70.1 Å². The molecule has 0 N–H and O–H groups in total.